The molecule has 17 heteroatoms. The van der Waals surface area contributed by atoms with E-state index in [-0.39, 0.29) is 73.6 Å². The molecule has 1 aromatic heterocycles. The Morgan fingerprint density at radius 1 is 0.985 bits per heavy atom. The van der Waals surface area contributed by atoms with E-state index in [1.165, 1.54) is 65.0 Å². The highest BCUT2D eigenvalue weighted by Crippen LogP contribution is 2.48. The third-order valence-corrected chi connectivity index (χ3v) is 12.5. The highest BCUT2D eigenvalue weighted by molar-refractivity contribution is 6.26. The Morgan fingerprint density at radius 3 is 2.35 bits per heavy atom. The van der Waals surface area contributed by atoms with Gasteiger partial charge in [-0.3, -0.25) is 24.0 Å². The van der Waals surface area contributed by atoms with Gasteiger partial charge < -0.3 is 53.6 Å². The first-order valence-electron chi connectivity index (χ1n) is 21.4. The summed E-state index contributed by atoms with van der Waals surface area (Å²) in [7, 11) is 3.08. The molecule has 6 rings (SSSR count). The van der Waals surface area contributed by atoms with Gasteiger partial charge in [-0.1, -0.05) is 45.9 Å². The quantitative estimate of drug-likeness (QED) is 0.0769. The monoisotopic (exact) mass is 899 g/mol. The number of esters is 1. The van der Waals surface area contributed by atoms with Crippen molar-refractivity contribution in [3.8, 4) is 17.2 Å². The number of ether oxygens (including phenoxy) is 5. The Bertz CT molecular complexity index is 2700. The number of rotatable bonds is 6. The van der Waals surface area contributed by atoms with Crippen LogP contribution in [0.15, 0.2) is 63.6 Å². The van der Waals surface area contributed by atoms with Crippen LogP contribution in [-0.4, -0.2) is 106 Å². The van der Waals surface area contributed by atoms with Crippen molar-refractivity contribution in [2.24, 2.45) is 23.7 Å². The Morgan fingerprint density at radius 2 is 1.69 bits per heavy atom. The van der Waals surface area contributed by atoms with Crippen molar-refractivity contribution in [3.05, 3.63) is 75.7 Å². The Hall–Kier alpha value is -6.30. The zero-order valence-corrected chi connectivity index (χ0v) is 38.4. The summed E-state index contributed by atoms with van der Waals surface area (Å²) in [4.78, 5) is 73.4. The molecule has 17 nitrogen and oxygen atoms in total. The lowest BCUT2D eigenvalue weighted by Crippen LogP contribution is -2.46. The first-order chi connectivity index (χ1) is 30.6. The minimum absolute atomic E-state index is 0.0311. The van der Waals surface area contributed by atoms with E-state index in [9.17, 15) is 39.3 Å². The number of aliphatic hydroxyl groups excluding tert-OH is 2. The maximum absolute atomic E-state index is 14.7. The molecule has 65 heavy (non-hydrogen) atoms. The average molecular weight is 900 g/mol. The molecule has 4 aromatic rings. The van der Waals surface area contributed by atoms with Gasteiger partial charge in [0, 0.05) is 81.2 Å². The predicted molar refractivity (Wildman–Crippen MR) is 241 cm³/mol. The van der Waals surface area contributed by atoms with E-state index >= 15 is 0 Å². The molecule has 0 saturated carbocycles. The molecular formula is C48H57N3O14. The number of Topliss-reactive ketones (excluding diaryl/α,β-unsaturated/α-hetero) is 1. The number of aromatic nitrogens is 1. The van der Waals surface area contributed by atoms with Gasteiger partial charge in [0.25, 0.3) is 11.7 Å². The fraction of sp³-hybridized carbons (Fsp3) is 0.458. The Labute approximate surface area is 375 Å². The number of fused-ring (bicyclic) bond motifs is 2. The molecule has 0 unspecified atom stereocenters. The lowest BCUT2D eigenvalue weighted by Gasteiger charge is -2.38. The zero-order chi connectivity index (χ0) is 47.8. The van der Waals surface area contributed by atoms with Gasteiger partial charge in [-0.15, -0.1) is 0 Å². The molecule has 3 heterocycles. The number of phenols is 1. The van der Waals surface area contributed by atoms with Crippen LogP contribution in [0.1, 0.15) is 71.3 Å². The summed E-state index contributed by atoms with van der Waals surface area (Å²) in [5, 5.41) is 37.3. The molecule has 2 aliphatic heterocycles. The molecule has 3 aromatic carbocycles. The third-order valence-electron chi connectivity index (χ3n) is 12.5. The lowest BCUT2D eigenvalue weighted by molar-refractivity contribution is -0.160. The van der Waals surface area contributed by atoms with Crippen LogP contribution in [0.3, 0.4) is 0 Å². The fourth-order valence-electron chi connectivity index (χ4n) is 8.33. The van der Waals surface area contributed by atoms with Gasteiger partial charge in [0.2, 0.25) is 5.91 Å². The number of likely N-dealkylation sites (N-methyl/N-ethyl adjacent to an activating group) is 1. The van der Waals surface area contributed by atoms with Gasteiger partial charge in [0.1, 0.15) is 40.9 Å². The van der Waals surface area contributed by atoms with Crippen LogP contribution >= 0.6 is 0 Å². The molecule has 0 spiro atoms. The number of anilines is 1. The molecule has 9 atom stereocenters. The van der Waals surface area contributed by atoms with Crippen LogP contribution in [0.4, 0.5) is 5.69 Å². The molecular weight excluding hydrogens is 843 g/mol. The molecule has 0 saturated heterocycles. The summed E-state index contributed by atoms with van der Waals surface area (Å²) in [6, 6.07) is 4.77. The number of methoxy groups -OCH3 is 1. The number of aliphatic hydroxyl groups is 2. The zero-order valence-electron chi connectivity index (χ0n) is 38.4. The highest BCUT2D eigenvalue weighted by atomic mass is 16.7. The van der Waals surface area contributed by atoms with Crippen molar-refractivity contribution in [1.82, 2.24) is 9.88 Å². The van der Waals surface area contributed by atoms with Crippen molar-refractivity contribution >= 4 is 62.2 Å². The summed E-state index contributed by atoms with van der Waals surface area (Å²) in [6.07, 6.45) is 3.47. The number of benzene rings is 3. The minimum Gasteiger partial charge on any atom is -0.505 e. The smallest absolute Gasteiger partial charge is 0.312 e. The second kappa shape index (κ2) is 19.0. The summed E-state index contributed by atoms with van der Waals surface area (Å²) in [5.74, 6) is -7.24. The number of nitrogens with one attached hydrogen (secondary N) is 1. The molecule has 2 aliphatic rings. The average Bonchev–Trinajstić information content (AvgIpc) is 3.53. The number of hydrogen-bond acceptors (Lipinski definition) is 15. The fourth-order valence-corrected chi connectivity index (χ4v) is 8.33. The first kappa shape index (κ1) is 48.2. The van der Waals surface area contributed by atoms with Gasteiger partial charge in [-0.2, -0.15) is 0 Å². The van der Waals surface area contributed by atoms with Gasteiger partial charge in [-0.05, 0) is 32.1 Å². The summed E-state index contributed by atoms with van der Waals surface area (Å²) >= 11 is 0. The van der Waals surface area contributed by atoms with Crippen molar-refractivity contribution < 1.29 is 62.6 Å². The van der Waals surface area contributed by atoms with Gasteiger partial charge in [0.15, 0.2) is 22.3 Å². The number of hydrogen-bond donors (Lipinski definition) is 4. The summed E-state index contributed by atoms with van der Waals surface area (Å²) in [5.41, 5.74) is -0.860. The number of carbonyl (C=O) groups is 4. The van der Waals surface area contributed by atoms with Crippen LogP contribution in [-0.2, 0) is 28.6 Å². The minimum atomic E-state index is -2.07. The van der Waals surface area contributed by atoms with Crippen molar-refractivity contribution in [2.75, 3.05) is 32.6 Å². The number of carbonyl (C=O) groups excluding carboxylic acids is 4. The summed E-state index contributed by atoms with van der Waals surface area (Å²) in [6.45, 7) is 14.4. The molecule has 0 aliphatic carbocycles. The topological polar surface area (TPSA) is 233 Å². The highest BCUT2D eigenvalue weighted by Gasteiger charge is 2.49. The summed E-state index contributed by atoms with van der Waals surface area (Å²) < 4.78 is 36.1. The normalized spacial score (nSPS) is 28.3. The molecule has 0 fully saturated rings. The predicted octanol–water partition coefficient (Wildman–Crippen LogP) is 5.85. The Balaban J connectivity index is 1.56. The van der Waals surface area contributed by atoms with Crippen LogP contribution in [0.2, 0.25) is 0 Å². The number of phenolic OH excluding ortho intramolecular Hbond substituents is 1. The van der Waals surface area contributed by atoms with Crippen LogP contribution < -0.4 is 20.2 Å². The van der Waals surface area contributed by atoms with Crippen molar-refractivity contribution in [1.29, 1.82) is 0 Å². The van der Waals surface area contributed by atoms with Gasteiger partial charge >= 0.3 is 11.8 Å². The maximum Gasteiger partial charge on any atom is 0.312 e. The largest absolute Gasteiger partial charge is 0.505 e. The van der Waals surface area contributed by atoms with Gasteiger partial charge in [0.05, 0.1) is 42.1 Å². The second-order valence-electron chi connectivity index (χ2n) is 17.1. The van der Waals surface area contributed by atoms with E-state index in [1.54, 1.807) is 65.1 Å². The SMILES string of the molecule is CO[C@H]1/C=C/O[C@@]2(C)Oc3c(C)c(=O)c4c(O)c(c5oc6cc(OCCN(C)C(C)=O)ccc6nc5c4c3C2=O)NC(=O)/C(C)=C\C=C\[C@H](C)[C@H](O)[C@@H](C)[C@@H](O)[C@@H](C)[C@H](OC(C)=O)[C@@H]1C. The van der Waals surface area contributed by atoms with Crippen LogP contribution in [0.5, 0.6) is 17.2 Å². The maximum atomic E-state index is 14.7. The van der Waals surface area contributed by atoms with E-state index in [0.717, 1.165) is 0 Å². The van der Waals surface area contributed by atoms with E-state index in [2.05, 4.69) is 5.32 Å². The standard InChI is InChI=1S/C48H57N3O14/c1-22-13-12-14-23(2)47(59)50-38-42(57)35-34(37-45(38)64-33-21-30(15-16-31(33)49-37)61-20-18-51(10)28(7)52)36-44(27(6)41(35)56)65-48(9,46(36)58)62-19-17-32(60-11)24(3)43(63-29(8)53)26(5)40(55)25(4)39(22)54/h12-17,19,21-22,24-26,32,39-40,43,54-55,57H,18,20H2,1-11H3,(H,50,59)/b13-12+,19-17+,23-14-/t22-,24+,25+,26+,32-,39-,40+,43+,48-/m0/s1. The van der Waals surface area contributed by atoms with E-state index in [1.807, 2.05) is 0 Å². The number of ketones is 1. The molecule has 348 valence electrons. The number of aromatic hydroxyl groups is 1. The molecule has 0 radical (unpaired) electrons. The van der Waals surface area contributed by atoms with Crippen molar-refractivity contribution in [2.45, 2.75) is 92.5 Å². The Kier molecular flexibility index (Phi) is 14.1. The molecule has 4 bridgehead atoms. The van der Waals surface area contributed by atoms with Crippen molar-refractivity contribution in [3.63, 3.8) is 0 Å². The number of allylic oxidation sites excluding steroid dienone is 2. The molecule has 2 amide bonds. The third kappa shape index (κ3) is 9.31. The van der Waals surface area contributed by atoms with Gasteiger partial charge in [-0.25, -0.2) is 4.98 Å². The second-order valence-corrected chi connectivity index (χ2v) is 17.1. The first-order valence-corrected chi connectivity index (χ1v) is 21.4. The lowest BCUT2D eigenvalue weighted by atomic mass is 9.78. The van der Waals surface area contributed by atoms with E-state index < -0.39 is 82.7 Å². The van der Waals surface area contributed by atoms with Crippen LogP contribution in [0, 0.1) is 30.6 Å². The number of amides is 2. The molecule has 4 N–H and O–H groups in total. The van der Waals surface area contributed by atoms with Crippen LogP contribution in [0.25, 0.3) is 33.0 Å². The number of nitrogens with zero attached hydrogens (tertiary/aromatic N) is 2. The van der Waals surface area contributed by atoms with E-state index in [0.29, 0.717) is 12.3 Å². The van der Waals surface area contributed by atoms with E-state index in [4.69, 9.17) is 33.1 Å².